The van der Waals surface area contributed by atoms with Crippen molar-refractivity contribution in [2.45, 2.75) is 361 Å². The van der Waals surface area contributed by atoms with Gasteiger partial charge in [0.05, 0.1) is 26.4 Å². The smallest absolute Gasteiger partial charge is 0.462 e. The van der Waals surface area contributed by atoms with Crippen LogP contribution in [0.1, 0.15) is 343 Å². The van der Waals surface area contributed by atoms with Gasteiger partial charge in [0.1, 0.15) is 19.3 Å². The number of ether oxygens (including phenoxy) is 4. The van der Waals surface area contributed by atoms with Crippen molar-refractivity contribution >= 4 is 39.5 Å². The van der Waals surface area contributed by atoms with Gasteiger partial charge >= 0.3 is 39.5 Å². The molecule has 0 aliphatic carbocycles. The Labute approximate surface area is 524 Å². The van der Waals surface area contributed by atoms with E-state index in [9.17, 15) is 43.2 Å². The second kappa shape index (κ2) is 60.6. The SMILES string of the molecule is CCCCCCCCCCCCCCCCCCC(=O)OC[C@H](COP(=O)(O)OC[C@@H](O)COP(=O)(O)OC[C@@H](COC(=O)CCCCCCC)OC(=O)CCCCCCCCC)OC(=O)CCCCCCCCCCCCCCCCC(C)CC. The number of aliphatic hydroxyl groups is 1. The maximum absolute atomic E-state index is 13.0. The van der Waals surface area contributed by atoms with Crippen LogP contribution in [-0.2, 0) is 65.4 Å². The van der Waals surface area contributed by atoms with Crippen molar-refractivity contribution < 1.29 is 80.2 Å². The van der Waals surface area contributed by atoms with Crippen LogP contribution in [0.2, 0.25) is 0 Å². The molecule has 17 nitrogen and oxygen atoms in total. The Balaban J connectivity index is 5.12. The Bertz CT molecular complexity index is 1670. The average molecular weight is 1270 g/mol. The van der Waals surface area contributed by atoms with Crippen LogP contribution in [0.15, 0.2) is 0 Å². The van der Waals surface area contributed by atoms with Gasteiger partial charge in [0.25, 0.3) is 0 Å². The van der Waals surface area contributed by atoms with E-state index in [1.165, 1.54) is 148 Å². The molecule has 0 aromatic carbocycles. The van der Waals surface area contributed by atoms with E-state index in [-0.39, 0.29) is 25.7 Å². The molecular formula is C67H130O17P2. The van der Waals surface area contributed by atoms with E-state index in [0.29, 0.717) is 25.7 Å². The minimum Gasteiger partial charge on any atom is -0.462 e. The third-order valence-corrected chi connectivity index (χ3v) is 17.8. The molecule has 0 aromatic heterocycles. The maximum Gasteiger partial charge on any atom is 0.472 e. The number of hydrogen-bond acceptors (Lipinski definition) is 15. The molecule has 3 N–H and O–H groups in total. The Kier molecular flexibility index (Phi) is 59.2. The van der Waals surface area contributed by atoms with Crippen molar-refractivity contribution in [2.24, 2.45) is 5.92 Å². The lowest BCUT2D eigenvalue weighted by atomic mass is 9.99. The molecule has 0 rings (SSSR count). The molecule has 0 saturated carbocycles. The van der Waals surface area contributed by atoms with Crippen molar-refractivity contribution in [3.63, 3.8) is 0 Å². The van der Waals surface area contributed by atoms with Gasteiger partial charge in [0.15, 0.2) is 12.2 Å². The highest BCUT2D eigenvalue weighted by molar-refractivity contribution is 7.47. The number of phosphoric acid groups is 2. The van der Waals surface area contributed by atoms with E-state index >= 15 is 0 Å². The van der Waals surface area contributed by atoms with Gasteiger partial charge in [-0.3, -0.25) is 37.3 Å². The summed E-state index contributed by atoms with van der Waals surface area (Å²) in [5.74, 6) is -1.30. The molecule has 0 aliphatic heterocycles. The van der Waals surface area contributed by atoms with Crippen LogP contribution in [0.4, 0.5) is 0 Å². The van der Waals surface area contributed by atoms with E-state index in [1.54, 1.807) is 0 Å². The highest BCUT2D eigenvalue weighted by Crippen LogP contribution is 2.45. The van der Waals surface area contributed by atoms with Crippen LogP contribution in [-0.4, -0.2) is 96.7 Å². The van der Waals surface area contributed by atoms with E-state index in [2.05, 4.69) is 34.6 Å². The summed E-state index contributed by atoms with van der Waals surface area (Å²) in [5, 5.41) is 10.5. The molecule has 3 unspecified atom stereocenters. The third kappa shape index (κ3) is 59.7. The number of carbonyl (C=O) groups is 4. The van der Waals surface area contributed by atoms with Crippen LogP contribution in [0.3, 0.4) is 0 Å². The quantitative estimate of drug-likeness (QED) is 0.0222. The van der Waals surface area contributed by atoms with Crippen molar-refractivity contribution in [3.05, 3.63) is 0 Å². The highest BCUT2D eigenvalue weighted by atomic mass is 31.2. The van der Waals surface area contributed by atoms with Crippen molar-refractivity contribution in [3.8, 4) is 0 Å². The monoisotopic (exact) mass is 1270 g/mol. The zero-order valence-corrected chi connectivity index (χ0v) is 57.2. The molecule has 0 spiro atoms. The van der Waals surface area contributed by atoms with Crippen molar-refractivity contribution in [1.82, 2.24) is 0 Å². The molecule has 0 radical (unpaired) electrons. The second-order valence-corrected chi connectivity index (χ2v) is 27.4. The van der Waals surface area contributed by atoms with Gasteiger partial charge in [0.2, 0.25) is 0 Å². The summed E-state index contributed by atoms with van der Waals surface area (Å²) in [4.78, 5) is 72.0. The van der Waals surface area contributed by atoms with Gasteiger partial charge in [-0.15, -0.1) is 0 Å². The van der Waals surface area contributed by atoms with Crippen LogP contribution in [0.5, 0.6) is 0 Å². The molecule has 510 valence electrons. The number of phosphoric ester groups is 2. The van der Waals surface area contributed by atoms with E-state index in [1.807, 2.05) is 0 Å². The summed E-state index contributed by atoms with van der Waals surface area (Å²) in [6.45, 7) is 7.14. The number of carbonyl (C=O) groups excluding carboxylic acids is 4. The van der Waals surface area contributed by atoms with Crippen molar-refractivity contribution in [2.75, 3.05) is 39.6 Å². The minimum absolute atomic E-state index is 0.103. The molecule has 0 bridgehead atoms. The number of esters is 4. The Morgan fingerprint density at radius 3 is 0.826 bits per heavy atom. The zero-order valence-electron chi connectivity index (χ0n) is 55.4. The van der Waals surface area contributed by atoms with Crippen molar-refractivity contribution in [1.29, 1.82) is 0 Å². The first-order valence-electron chi connectivity index (χ1n) is 35.2. The van der Waals surface area contributed by atoms with E-state index in [4.69, 9.17) is 37.0 Å². The first-order chi connectivity index (χ1) is 41.6. The molecule has 0 fully saturated rings. The van der Waals surface area contributed by atoms with Gasteiger partial charge in [0, 0.05) is 25.7 Å². The number of rotatable bonds is 67. The van der Waals surface area contributed by atoms with E-state index in [0.717, 1.165) is 115 Å². The van der Waals surface area contributed by atoms with Gasteiger partial charge in [-0.2, -0.15) is 0 Å². The van der Waals surface area contributed by atoms with Crippen LogP contribution < -0.4 is 0 Å². The van der Waals surface area contributed by atoms with Gasteiger partial charge in [-0.25, -0.2) is 9.13 Å². The molecule has 0 aliphatic rings. The Morgan fingerprint density at radius 2 is 0.558 bits per heavy atom. The van der Waals surface area contributed by atoms with Gasteiger partial charge < -0.3 is 33.8 Å². The summed E-state index contributed by atoms with van der Waals surface area (Å²) in [6, 6.07) is 0. The lowest BCUT2D eigenvalue weighted by molar-refractivity contribution is -0.161. The molecule has 0 amide bonds. The number of unbranched alkanes of at least 4 members (excludes halogenated alkanes) is 38. The van der Waals surface area contributed by atoms with E-state index < -0.39 is 97.5 Å². The third-order valence-electron chi connectivity index (χ3n) is 15.9. The van der Waals surface area contributed by atoms with Gasteiger partial charge in [-0.1, -0.05) is 291 Å². The predicted molar refractivity (Wildman–Crippen MR) is 345 cm³/mol. The number of hydrogen-bond donors (Lipinski definition) is 3. The molecule has 86 heavy (non-hydrogen) atoms. The van der Waals surface area contributed by atoms with Crippen LogP contribution >= 0.6 is 15.6 Å². The maximum atomic E-state index is 13.0. The summed E-state index contributed by atoms with van der Waals surface area (Å²) in [7, 11) is -9.88. The molecule has 6 atom stereocenters. The normalized spacial score (nSPS) is 14.5. The van der Waals surface area contributed by atoms with Crippen LogP contribution in [0.25, 0.3) is 0 Å². The Hall–Kier alpha value is -1.94. The molecule has 0 heterocycles. The zero-order chi connectivity index (χ0) is 63.5. The Morgan fingerprint density at radius 1 is 0.326 bits per heavy atom. The largest absolute Gasteiger partial charge is 0.472 e. The fourth-order valence-electron chi connectivity index (χ4n) is 10.1. The highest BCUT2D eigenvalue weighted by Gasteiger charge is 2.30. The fourth-order valence-corrected chi connectivity index (χ4v) is 11.7. The standard InChI is InChI=1S/C67H130O17P2/c1-6-10-13-16-18-19-20-21-22-23-27-30-33-37-41-46-51-65(70)78-57-63(84-67(72)53-48-43-38-34-31-28-25-24-26-29-32-36-40-44-49-60(5)9-4)59-82-86(75,76)80-55-61(68)54-79-85(73,74)81-58-62(56-77-64(69)50-45-39-15-12-8-3)83-66(71)52-47-42-35-17-14-11-7-2/h60-63,68H,6-59H2,1-5H3,(H,73,74)(H,75,76)/t60?,61-,62+,63+/m0/s1. The molecule has 0 aromatic rings. The average Bonchev–Trinajstić information content (AvgIpc) is 3.64. The lowest BCUT2D eigenvalue weighted by Gasteiger charge is -2.21. The fraction of sp³-hybridized carbons (Fsp3) is 0.940. The first-order valence-corrected chi connectivity index (χ1v) is 38.2. The summed E-state index contributed by atoms with van der Waals surface area (Å²) in [6.07, 6.45) is 46.3. The topological polar surface area (TPSA) is 237 Å². The molecule has 19 heteroatoms. The summed E-state index contributed by atoms with van der Waals surface area (Å²) >= 11 is 0. The summed E-state index contributed by atoms with van der Waals surface area (Å²) in [5.41, 5.74) is 0. The first kappa shape index (κ1) is 84.1. The lowest BCUT2D eigenvalue weighted by Crippen LogP contribution is -2.30. The molecule has 0 saturated heterocycles. The second-order valence-electron chi connectivity index (χ2n) is 24.5. The van der Waals surface area contributed by atoms with Crippen LogP contribution in [0, 0.1) is 5.92 Å². The minimum atomic E-state index is -4.95. The molecular weight excluding hydrogens is 1140 g/mol. The van der Waals surface area contributed by atoms with Gasteiger partial charge in [-0.05, 0) is 31.6 Å². The number of aliphatic hydroxyl groups excluding tert-OH is 1. The summed E-state index contributed by atoms with van der Waals surface area (Å²) < 4.78 is 67.8. The predicted octanol–water partition coefficient (Wildman–Crippen LogP) is 19.0.